The normalized spacial score (nSPS) is 20.9. The van der Waals surface area contributed by atoms with E-state index in [1.54, 1.807) is 0 Å². The van der Waals surface area contributed by atoms with Gasteiger partial charge in [0.25, 0.3) is 0 Å². The number of rotatable bonds is 5. The Kier molecular flexibility index (Phi) is 7.77. The average molecular weight is 379 g/mol. The Morgan fingerprint density at radius 3 is 2.72 bits per heavy atom. The maximum absolute atomic E-state index is 11.8. The van der Waals surface area contributed by atoms with Crippen molar-refractivity contribution in [1.82, 2.24) is 9.91 Å². The van der Waals surface area contributed by atoms with Gasteiger partial charge in [0.1, 0.15) is 11.0 Å². The van der Waals surface area contributed by atoms with Crippen LogP contribution in [0.2, 0.25) is 0 Å². The molecule has 0 spiro atoms. The van der Waals surface area contributed by atoms with Crippen molar-refractivity contribution in [2.24, 2.45) is 5.10 Å². The zero-order valence-corrected chi connectivity index (χ0v) is 14.0. The molecule has 2 saturated heterocycles. The van der Waals surface area contributed by atoms with Crippen molar-refractivity contribution in [1.29, 1.82) is 0 Å². The second kappa shape index (κ2) is 9.32. The van der Waals surface area contributed by atoms with Crippen LogP contribution in [0.4, 0.5) is 10.7 Å². The Morgan fingerprint density at radius 1 is 1.36 bits per heavy atom. The van der Waals surface area contributed by atoms with Gasteiger partial charge in [0.05, 0.1) is 32.0 Å². The number of ether oxygens (including phenoxy) is 2. The summed E-state index contributed by atoms with van der Waals surface area (Å²) in [6.45, 7) is 3.95. The number of cyclic esters (lactones) is 1. The lowest BCUT2D eigenvalue weighted by Crippen LogP contribution is -2.41. The van der Waals surface area contributed by atoms with Gasteiger partial charge in [0.15, 0.2) is 5.76 Å². The van der Waals surface area contributed by atoms with Gasteiger partial charge in [-0.15, -0.1) is 12.4 Å². The highest BCUT2D eigenvalue weighted by Gasteiger charge is 2.32. The molecule has 2 fully saturated rings. The number of halogens is 1. The smallest absolute Gasteiger partial charge is 0.433 e. The number of morpholine rings is 1. The third-order valence-electron chi connectivity index (χ3n) is 3.54. The Bertz CT molecular complexity index is 617. The lowest BCUT2D eigenvalue weighted by atomic mass is 10.3. The lowest BCUT2D eigenvalue weighted by Gasteiger charge is -2.27. The molecule has 3 rings (SSSR count). The summed E-state index contributed by atoms with van der Waals surface area (Å²) in [6.07, 6.45) is 0.454. The van der Waals surface area contributed by atoms with E-state index >= 15 is 0 Å². The van der Waals surface area contributed by atoms with Crippen LogP contribution < -0.4 is 0 Å². The molecule has 1 aromatic rings. The van der Waals surface area contributed by atoms with Crippen molar-refractivity contribution in [3.8, 4) is 0 Å². The molecule has 0 saturated carbocycles. The van der Waals surface area contributed by atoms with E-state index in [4.69, 9.17) is 13.9 Å². The lowest BCUT2D eigenvalue weighted by molar-refractivity contribution is -0.402. The first-order valence-electron chi connectivity index (χ1n) is 7.18. The van der Waals surface area contributed by atoms with E-state index in [1.807, 2.05) is 0 Å². The summed E-state index contributed by atoms with van der Waals surface area (Å²) < 4.78 is 15.5. The third kappa shape index (κ3) is 5.39. The van der Waals surface area contributed by atoms with Crippen LogP contribution >= 0.6 is 12.4 Å². The largest absolute Gasteiger partial charge is 0.441 e. The average Bonchev–Trinajstić information content (AvgIpc) is 3.13. The van der Waals surface area contributed by atoms with Gasteiger partial charge in [-0.1, -0.05) is 0 Å². The molecule has 1 atom stereocenters. The van der Waals surface area contributed by atoms with Crippen LogP contribution in [0.25, 0.3) is 0 Å². The number of hydrazone groups is 1. The van der Waals surface area contributed by atoms with E-state index in [2.05, 4.69) is 10.0 Å². The van der Waals surface area contributed by atoms with Crippen molar-refractivity contribution in [3.63, 3.8) is 0 Å². The van der Waals surface area contributed by atoms with Crippen molar-refractivity contribution in [3.05, 3.63) is 28.0 Å². The van der Waals surface area contributed by atoms with Crippen LogP contribution in [0.5, 0.6) is 0 Å². The summed E-state index contributed by atoms with van der Waals surface area (Å²) in [4.78, 5) is 23.8. The van der Waals surface area contributed by atoms with E-state index in [9.17, 15) is 14.9 Å². The van der Waals surface area contributed by atoms with Gasteiger partial charge in [0, 0.05) is 19.6 Å². The van der Waals surface area contributed by atoms with Gasteiger partial charge >= 0.3 is 12.0 Å². The molecular formula is C13H19ClN4O7. The molecular weight excluding hydrogens is 360 g/mol. The minimum Gasteiger partial charge on any atom is -0.441 e. The monoisotopic (exact) mass is 378 g/mol. The fourth-order valence-corrected chi connectivity index (χ4v) is 2.41. The number of nitrogens with zero attached hydrogens (tertiary/aromatic N) is 4. The van der Waals surface area contributed by atoms with Crippen LogP contribution in [0.3, 0.4) is 0 Å². The minimum absolute atomic E-state index is 0. The molecule has 1 unspecified atom stereocenters. The number of amides is 1. The number of nitro groups is 1. The highest BCUT2D eigenvalue weighted by Crippen LogP contribution is 2.16. The molecule has 12 heteroatoms. The standard InChI is InChI=1S/C13H16N4O6.ClH.H2O/c18-13-16(14-7-10-1-2-12(22-10)17(19)20)9-11(23-13)8-15-3-5-21-6-4-15;;/h1-2,7,11H,3-6,8-9H2;1H;1H2. The van der Waals surface area contributed by atoms with Gasteiger partial charge in [0.2, 0.25) is 0 Å². The number of hydrogen-bond donors (Lipinski definition) is 0. The predicted molar refractivity (Wildman–Crippen MR) is 88.1 cm³/mol. The van der Waals surface area contributed by atoms with Crippen LogP contribution in [0, 0.1) is 10.1 Å². The SMILES string of the molecule is Cl.O.O=C1OC(CN2CCOCC2)CN1N=Cc1ccc([N+](=O)[O-])o1. The van der Waals surface area contributed by atoms with Crippen LogP contribution in [-0.2, 0) is 9.47 Å². The highest BCUT2D eigenvalue weighted by molar-refractivity contribution is 5.85. The zero-order valence-electron chi connectivity index (χ0n) is 13.2. The van der Waals surface area contributed by atoms with Gasteiger partial charge in [-0.25, -0.2) is 4.79 Å². The van der Waals surface area contributed by atoms with E-state index in [0.29, 0.717) is 26.3 Å². The summed E-state index contributed by atoms with van der Waals surface area (Å²) in [6, 6.07) is 2.64. The second-order valence-electron chi connectivity index (χ2n) is 5.18. The highest BCUT2D eigenvalue weighted by atomic mass is 35.5. The molecule has 0 bridgehead atoms. The molecule has 2 N–H and O–H groups in total. The first-order valence-corrected chi connectivity index (χ1v) is 7.18. The van der Waals surface area contributed by atoms with Gasteiger partial charge in [-0.2, -0.15) is 10.1 Å². The molecule has 0 radical (unpaired) electrons. The maximum atomic E-state index is 11.8. The van der Waals surface area contributed by atoms with Crippen LogP contribution in [-0.4, -0.2) is 78.1 Å². The summed E-state index contributed by atoms with van der Waals surface area (Å²) in [5.41, 5.74) is 0. The maximum Gasteiger partial charge on any atom is 0.433 e. The van der Waals surface area contributed by atoms with E-state index in [1.165, 1.54) is 23.4 Å². The first-order chi connectivity index (χ1) is 11.1. The molecule has 11 nitrogen and oxygen atoms in total. The molecule has 2 aliphatic rings. The summed E-state index contributed by atoms with van der Waals surface area (Å²) in [7, 11) is 0. The van der Waals surface area contributed by atoms with E-state index in [0.717, 1.165) is 13.1 Å². The number of furan rings is 1. The molecule has 0 aromatic carbocycles. The molecule has 2 aliphatic heterocycles. The fourth-order valence-electron chi connectivity index (χ4n) is 2.41. The van der Waals surface area contributed by atoms with E-state index in [-0.39, 0.29) is 35.6 Å². The minimum atomic E-state index is -0.639. The Labute approximate surface area is 149 Å². The Morgan fingerprint density at radius 2 is 2.08 bits per heavy atom. The molecule has 0 aliphatic carbocycles. The van der Waals surface area contributed by atoms with E-state index < -0.39 is 11.0 Å². The van der Waals surface area contributed by atoms with Crippen LogP contribution in [0.15, 0.2) is 21.7 Å². The van der Waals surface area contributed by atoms with Crippen molar-refractivity contribution < 1.29 is 29.1 Å². The number of carbonyl (C=O) groups excluding carboxylic acids is 1. The zero-order chi connectivity index (χ0) is 16.2. The molecule has 3 heterocycles. The number of carbonyl (C=O) groups is 1. The topological polar surface area (TPSA) is 142 Å². The molecule has 1 aromatic heterocycles. The second-order valence-corrected chi connectivity index (χ2v) is 5.18. The van der Waals surface area contributed by atoms with Gasteiger partial charge in [-0.05, 0) is 6.07 Å². The fraction of sp³-hybridized carbons (Fsp3) is 0.538. The first kappa shape index (κ1) is 20.8. The van der Waals surface area contributed by atoms with Crippen molar-refractivity contribution in [2.45, 2.75) is 6.10 Å². The van der Waals surface area contributed by atoms with Gasteiger partial charge < -0.3 is 19.4 Å². The molecule has 25 heavy (non-hydrogen) atoms. The predicted octanol–water partition coefficient (Wildman–Crippen LogP) is 0.272. The molecule has 1 amide bonds. The quantitative estimate of drug-likeness (QED) is 0.406. The summed E-state index contributed by atoms with van der Waals surface area (Å²) >= 11 is 0. The summed E-state index contributed by atoms with van der Waals surface area (Å²) in [5.74, 6) is -0.179. The Balaban J connectivity index is 0.00000156. The van der Waals surface area contributed by atoms with Gasteiger partial charge in [-0.3, -0.25) is 15.0 Å². The molecule has 140 valence electrons. The van der Waals surface area contributed by atoms with Crippen molar-refractivity contribution in [2.75, 3.05) is 39.4 Å². The third-order valence-corrected chi connectivity index (χ3v) is 3.54. The Hall–Kier alpha value is -2.21. The number of hydrogen-bond acceptors (Lipinski definition) is 8. The van der Waals surface area contributed by atoms with Crippen molar-refractivity contribution >= 4 is 30.6 Å². The summed E-state index contributed by atoms with van der Waals surface area (Å²) in [5, 5.41) is 15.7. The van der Waals surface area contributed by atoms with Crippen LogP contribution in [0.1, 0.15) is 5.76 Å².